The van der Waals surface area contributed by atoms with E-state index in [2.05, 4.69) is 27.7 Å². The van der Waals surface area contributed by atoms with Crippen molar-refractivity contribution in [3.8, 4) is 0 Å². The Hall–Kier alpha value is -3.22. The van der Waals surface area contributed by atoms with E-state index in [9.17, 15) is 9.59 Å². The van der Waals surface area contributed by atoms with Crippen LogP contribution in [-0.2, 0) is 6.54 Å². The number of amides is 2. The standard InChI is InChI=1S/C23H28N4O3/c1-5-6-11-24-21(28)17-9-7-16(8-10-17)13-25-22(29)18-12-19(14(2)3)26-23-20(18)15(4)27-30-23/h7-10,12,14H,5-6,11,13H2,1-4H3,(H,24,28)(H,25,29). The van der Waals surface area contributed by atoms with Gasteiger partial charge in [-0.1, -0.05) is 44.5 Å². The first-order valence-corrected chi connectivity index (χ1v) is 10.3. The molecular formula is C23H28N4O3. The smallest absolute Gasteiger partial charge is 0.259 e. The predicted octanol–water partition coefficient (Wildman–Crippen LogP) is 4.11. The van der Waals surface area contributed by atoms with Crippen LogP contribution in [0.25, 0.3) is 11.1 Å². The van der Waals surface area contributed by atoms with Crippen molar-refractivity contribution < 1.29 is 14.1 Å². The molecule has 0 spiro atoms. The number of aryl methyl sites for hydroxylation is 1. The Bertz CT molecular complexity index is 1040. The molecule has 2 N–H and O–H groups in total. The molecule has 2 aromatic heterocycles. The van der Waals surface area contributed by atoms with Crippen LogP contribution in [0.1, 0.15) is 77.2 Å². The van der Waals surface area contributed by atoms with E-state index in [4.69, 9.17) is 4.52 Å². The average Bonchev–Trinajstić information content (AvgIpc) is 3.12. The van der Waals surface area contributed by atoms with Gasteiger partial charge in [0.2, 0.25) is 0 Å². The van der Waals surface area contributed by atoms with E-state index < -0.39 is 0 Å². The van der Waals surface area contributed by atoms with Crippen LogP contribution in [0.4, 0.5) is 0 Å². The number of carbonyl (C=O) groups excluding carboxylic acids is 2. The van der Waals surface area contributed by atoms with Gasteiger partial charge in [-0.2, -0.15) is 0 Å². The van der Waals surface area contributed by atoms with Crippen LogP contribution in [0.2, 0.25) is 0 Å². The number of aromatic nitrogens is 2. The second-order valence-electron chi connectivity index (χ2n) is 7.69. The van der Waals surface area contributed by atoms with E-state index in [1.54, 1.807) is 25.1 Å². The van der Waals surface area contributed by atoms with E-state index in [1.807, 2.05) is 26.0 Å². The molecule has 0 bridgehead atoms. The van der Waals surface area contributed by atoms with Crippen LogP contribution < -0.4 is 10.6 Å². The van der Waals surface area contributed by atoms with Crippen molar-refractivity contribution in [3.05, 3.63) is 58.4 Å². The molecular weight excluding hydrogens is 380 g/mol. The molecule has 30 heavy (non-hydrogen) atoms. The first-order valence-electron chi connectivity index (χ1n) is 10.3. The molecule has 0 fully saturated rings. The van der Waals surface area contributed by atoms with E-state index in [0.717, 1.165) is 24.1 Å². The first kappa shape index (κ1) is 21.5. The quantitative estimate of drug-likeness (QED) is 0.547. The zero-order valence-electron chi connectivity index (χ0n) is 17.9. The van der Waals surface area contributed by atoms with E-state index in [1.165, 1.54) is 0 Å². The van der Waals surface area contributed by atoms with E-state index in [0.29, 0.717) is 41.0 Å². The third-order valence-electron chi connectivity index (χ3n) is 4.96. The molecule has 3 aromatic rings. The number of hydrogen-bond donors (Lipinski definition) is 2. The average molecular weight is 409 g/mol. The molecule has 3 rings (SSSR count). The van der Waals surface area contributed by atoms with Crippen LogP contribution in [0.5, 0.6) is 0 Å². The Morgan fingerprint density at radius 1 is 1.10 bits per heavy atom. The fraction of sp³-hybridized carbons (Fsp3) is 0.391. The Labute approximate surface area is 176 Å². The molecule has 0 aliphatic carbocycles. The van der Waals surface area contributed by atoms with Gasteiger partial charge in [-0.25, -0.2) is 4.98 Å². The number of benzene rings is 1. The van der Waals surface area contributed by atoms with Crippen LogP contribution in [-0.4, -0.2) is 28.5 Å². The summed E-state index contributed by atoms with van der Waals surface area (Å²) >= 11 is 0. The normalized spacial score (nSPS) is 11.1. The van der Waals surface area contributed by atoms with Gasteiger partial charge in [0.05, 0.1) is 16.6 Å². The highest BCUT2D eigenvalue weighted by Gasteiger charge is 2.19. The molecule has 0 saturated carbocycles. The number of unbranched alkanes of at least 4 members (excludes halogenated alkanes) is 1. The van der Waals surface area contributed by atoms with Crippen LogP contribution in [0.3, 0.4) is 0 Å². The maximum Gasteiger partial charge on any atom is 0.259 e. The fourth-order valence-corrected chi connectivity index (χ4v) is 3.12. The summed E-state index contributed by atoms with van der Waals surface area (Å²) in [5.74, 6) is -0.137. The topological polar surface area (TPSA) is 97.1 Å². The minimum absolute atomic E-state index is 0.0811. The largest absolute Gasteiger partial charge is 0.352 e. The van der Waals surface area contributed by atoms with Gasteiger partial charge in [0, 0.05) is 24.3 Å². The van der Waals surface area contributed by atoms with Crippen molar-refractivity contribution in [2.75, 3.05) is 6.54 Å². The SMILES string of the molecule is CCCCNC(=O)c1ccc(CNC(=O)c2cc(C(C)C)nc3onc(C)c23)cc1. The number of rotatable bonds is 8. The summed E-state index contributed by atoms with van der Waals surface area (Å²) in [7, 11) is 0. The molecule has 0 unspecified atom stereocenters. The lowest BCUT2D eigenvalue weighted by Gasteiger charge is -2.10. The number of fused-ring (bicyclic) bond motifs is 1. The van der Waals surface area contributed by atoms with E-state index in [-0.39, 0.29) is 17.7 Å². The van der Waals surface area contributed by atoms with Gasteiger partial charge in [-0.15, -0.1) is 0 Å². The van der Waals surface area contributed by atoms with Gasteiger partial charge in [0.25, 0.3) is 17.5 Å². The Kier molecular flexibility index (Phi) is 6.82. The number of pyridine rings is 1. The van der Waals surface area contributed by atoms with Crippen molar-refractivity contribution in [1.82, 2.24) is 20.8 Å². The van der Waals surface area contributed by atoms with Crippen molar-refractivity contribution in [2.24, 2.45) is 0 Å². The zero-order chi connectivity index (χ0) is 21.7. The Balaban J connectivity index is 1.70. The van der Waals surface area contributed by atoms with E-state index >= 15 is 0 Å². The minimum atomic E-state index is -0.211. The Morgan fingerprint density at radius 3 is 2.50 bits per heavy atom. The highest BCUT2D eigenvalue weighted by atomic mass is 16.5. The summed E-state index contributed by atoms with van der Waals surface area (Å²) in [5, 5.41) is 10.4. The second-order valence-corrected chi connectivity index (χ2v) is 7.69. The predicted molar refractivity (Wildman–Crippen MR) is 115 cm³/mol. The molecule has 7 nitrogen and oxygen atoms in total. The van der Waals surface area contributed by atoms with Gasteiger partial charge < -0.3 is 15.2 Å². The summed E-state index contributed by atoms with van der Waals surface area (Å²) in [5.41, 5.74) is 3.82. The third-order valence-corrected chi connectivity index (χ3v) is 4.96. The van der Waals surface area contributed by atoms with Crippen LogP contribution in [0.15, 0.2) is 34.9 Å². The molecule has 0 saturated heterocycles. The zero-order valence-corrected chi connectivity index (χ0v) is 17.9. The maximum absolute atomic E-state index is 12.9. The van der Waals surface area contributed by atoms with Crippen molar-refractivity contribution in [3.63, 3.8) is 0 Å². The maximum atomic E-state index is 12.9. The molecule has 2 amide bonds. The van der Waals surface area contributed by atoms with Gasteiger partial charge in [-0.05, 0) is 43.0 Å². The number of carbonyl (C=O) groups is 2. The van der Waals surface area contributed by atoms with Crippen LogP contribution >= 0.6 is 0 Å². The number of hydrogen-bond acceptors (Lipinski definition) is 5. The lowest BCUT2D eigenvalue weighted by molar-refractivity contribution is 0.0943. The molecule has 0 atom stereocenters. The number of nitrogens with one attached hydrogen (secondary N) is 2. The summed E-state index contributed by atoms with van der Waals surface area (Å²) in [6, 6.07) is 9.04. The summed E-state index contributed by atoms with van der Waals surface area (Å²) in [6.07, 6.45) is 2.00. The van der Waals surface area contributed by atoms with Gasteiger partial charge in [-0.3, -0.25) is 9.59 Å². The summed E-state index contributed by atoms with van der Waals surface area (Å²) < 4.78 is 5.28. The lowest BCUT2D eigenvalue weighted by Crippen LogP contribution is -2.25. The third kappa shape index (κ3) is 4.84. The highest BCUT2D eigenvalue weighted by molar-refractivity contribution is 6.06. The Morgan fingerprint density at radius 2 is 1.83 bits per heavy atom. The highest BCUT2D eigenvalue weighted by Crippen LogP contribution is 2.25. The van der Waals surface area contributed by atoms with Gasteiger partial charge in [0.1, 0.15) is 0 Å². The molecule has 0 aliphatic rings. The number of nitrogens with zero attached hydrogens (tertiary/aromatic N) is 2. The van der Waals surface area contributed by atoms with Crippen molar-refractivity contribution >= 4 is 22.9 Å². The molecule has 0 radical (unpaired) electrons. The lowest BCUT2D eigenvalue weighted by atomic mass is 10.0. The summed E-state index contributed by atoms with van der Waals surface area (Å²) in [4.78, 5) is 29.5. The molecule has 158 valence electrons. The van der Waals surface area contributed by atoms with Crippen LogP contribution in [0, 0.1) is 6.92 Å². The first-order chi connectivity index (χ1) is 14.4. The molecule has 2 heterocycles. The van der Waals surface area contributed by atoms with Crippen molar-refractivity contribution in [1.29, 1.82) is 0 Å². The second kappa shape index (κ2) is 9.52. The van der Waals surface area contributed by atoms with Crippen molar-refractivity contribution in [2.45, 2.75) is 53.0 Å². The minimum Gasteiger partial charge on any atom is -0.352 e. The molecule has 1 aromatic carbocycles. The summed E-state index contributed by atoms with van der Waals surface area (Å²) in [6.45, 7) is 8.93. The monoisotopic (exact) mass is 408 g/mol. The fourth-order valence-electron chi connectivity index (χ4n) is 3.12. The molecule has 0 aliphatic heterocycles. The molecule has 7 heteroatoms. The van der Waals surface area contributed by atoms with Gasteiger partial charge >= 0.3 is 0 Å². The van der Waals surface area contributed by atoms with Gasteiger partial charge in [0.15, 0.2) is 0 Å².